The van der Waals surface area contributed by atoms with Gasteiger partial charge in [-0.25, -0.2) is 0 Å². The third-order valence-corrected chi connectivity index (χ3v) is 5.00. The zero-order valence-electron chi connectivity index (χ0n) is 10.2. The first kappa shape index (κ1) is 14.3. The van der Waals surface area contributed by atoms with Crippen molar-refractivity contribution >= 4 is 37.6 Å². The summed E-state index contributed by atoms with van der Waals surface area (Å²) in [6.45, 7) is 1.94. The van der Waals surface area contributed by atoms with E-state index < -0.39 is 15.7 Å². The number of hydrogen-bond donors (Lipinski definition) is 0. The van der Waals surface area contributed by atoms with Gasteiger partial charge in [0.2, 0.25) is 0 Å². The van der Waals surface area contributed by atoms with E-state index in [4.69, 9.17) is 15.8 Å². The zero-order chi connectivity index (χ0) is 13.6. The van der Waals surface area contributed by atoms with Crippen molar-refractivity contribution in [3.8, 4) is 0 Å². The molecule has 0 N–H and O–H groups in total. The molecule has 6 heteroatoms. The van der Waals surface area contributed by atoms with Crippen LogP contribution in [0.25, 0.3) is 0 Å². The molecule has 100 valence electrons. The summed E-state index contributed by atoms with van der Waals surface area (Å²) in [6, 6.07) is 3.69. The molecular formula is C12H14BrClO3S. The van der Waals surface area contributed by atoms with Crippen LogP contribution in [0, 0.1) is 6.92 Å². The van der Waals surface area contributed by atoms with Gasteiger partial charge in [-0.05, 0) is 37.8 Å². The summed E-state index contributed by atoms with van der Waals surface area (Å²) in [4.78, 5) is 0. The minimum Gasteiger partial charge on any atom is -0.259 e. The van der Waals surface area contributed by atoms with Crippen molar-refractivity contribution < 1.29 is 12.6 Å². The van der Waals surface area contributed by atoms with Crippen molar-refractivity contribution in [2.24, 2.45) is 0 Å². The Morgan fingerprint density at radius 1 is 1.39 bits per heavy atom. The normalized spacial score (nSPS) is 18.4. The molecule has 0 unspecified atom stereocenters. The Balaban J connectivity index is 2.48. The van der Waals surface area contributed by atoms with Gasteiger partial charge in [0.05, 0.1) is 6.26 Å². The molecule has 1 fully saturated rings. The molecule has 0 heterocycles. The van der Waals surface area contributed by atoms with Crippen LogP contribution in [0.3, 0.4) is 0 Å². The smallest absolute Gasteiger partial charge is 0.259 e. The minimum absolute atomic E-state index is 0.538. The van der Waals surface area contributed by atoms with Gasteiger partial charge in [-0.3, -0.25) is 4.18 Å². The molecule has 3 nitrogen and oxygen atoms in total. The first-order valence-electron chi connectivity index (χ1n) is 5.60. The zero-order valence-corrected chi connectivity index (χ0v) is 13.3. The first-order chi connectivity index (χ1) is 8.23. The van der Waals surface area contributed by atoms with Crippen molar-refractivity contribution in [1.29, 1.82) is 0 Å². The van der Waals surface area contributed by atoms with Gasteiger partial charge in [0.15, 0.2) is 0 Å². The Morgan fingerprint density at radius 2 is 2.00 bits per heavy atom. The second-order valence-corrected chi connectivity index (χ2v) is 7.55. The highest BCUT2D eigenvalue weighted by Crippen LogP contribution is 2.48. The van der Waals surface area contributed by atoms with Crippen LogP contribution in [0.1, 0.15) is 30.4 Å². The SMILES string of the molecule is Cc1cc(C2(OS(C)(=O)=O)CCC2)c(Cl)cc1Br. The summed E-state index contributed by atoms with van der Waals surface area (Å²) in [6.07, 6.45) is 3.38. The Labute approximate surface area is 121 Å². The highest BCUT2D eigenvalue weighted by molar-refractivity contribution is 9.10. The van der Waals surface area contributed by atoms with Gasteiger partial charge in [-0.1, -0.05) is 33.6 Å². The topological polar surface area (TPSA) is 43.4 Å². The van der Waals surface area contributed by atoms with E-state index in [1.165, 1.54) is 0 Å². The maximum absolute atomic E-state index is 11.4. The lowest BCUT2D eigenvalue weighted by Crippen LogP contribution is -2.39. The van der Waals surface area contributed by atoms with Crippen LogP contribution in [-0.2, 0) is 19.9 Å². The summed E-state index contributed by atoms with van der Waals surface area (Å²) in [5.41, 5.74) is 1.01. The molecule has 0 saturated heterocycles. The summed E-state index contributed by atoms with van der Waals surface area (Å²) < 4.78 is 29.0. The van der Waals surface area contributed by atoms with Crippen molar-refractivity contribution in [3.63, 3.8) is 0 Å². The van der Waals surface area contributed by atoms with Gasteiger partial charge in [-0.2, -0.15) is 8.42 Å². The maximum atomic E-state index is 11.4. The van der Waals surface area contributed by atoms with Crippen LogP contribution in [-0.4, -0.2) is 14.7 Å². The Kier molecular flexibility index (Phi) is 3.80. The molecule has 0 radical (unpaired) electrons. The molecule has 1 aromatic carbocycles. The third-order valence-electron chi connectivity index (χ3n) is 3.21. The van der Waals surface area contributed by atoms with Crippen molar-refractivity contribution in [2.45, 2.75) is 31.8 Å². The Bertz CT molecular complexity index is 579. The van der Waals surface area contributed by atoms with Crippen LogP contribution in [0.2, 0.25) is 5.02 Å². The molecule has 0 aromatic heterocycles. The van der Waals surface area contributed by atoms with Gasteiger partial charge >= 0.3 is 0 Å². The van der Waals surface area contributed by atoms with Crippen molar-refractivity contribution in [1.82, 2.24) is 0 Å². The summed E-state index contributed by atoms with van der Waals surface area (Å²) in [5, 5.41) is 0.538. The number of halogens is 2. The fraction of sp³-hybridized carbons (Fsp3) is 0.500. The molecule has 1 aliphatic rings. The summed E-state index contributed by atoms with van der Waals surface area (Å²) in [7, 11) is -3.50. The highest BCUT2D eigenvalue weighted by atomic mass is 79.9. The average molecular weight is 354 g/mol. The van der Waals surface area contributed by atoms with Crippen molar-refractivity contribution in [3.05, 3.63) is 32.8 Å². The molecule has 0 spiro atoms. The van der Waals surface area contributed by atoms with Gasteiger partial charge in [0.25, 0.3) is 10.1 Å². The second kappa shape index (κ2) is 4.78. The van der Waals surface area contributed by atoms with Crippen LogP contribution in [0.4, 0.5) is 0 Å². The van der Waals surface area contributed by atoms with Gasteiger partial charge in [-0.15, -0.1) is 0 Å². The lowest BCUT2D eigenvalue weighted by molar-refractivity contribution is -0.00475. The third kappa shape index (κ3) is 2.74. The van der Waals surface area contributed by atoms with E-state index in [-0.39, 0.29) is 0 Å². The van der Waals surface area contributed by atoms with E-state index in [0.717, 1.165) is 28.3 Å². The first-order valence-corrected chi connectivity index (χ1v) is 8.59. The van der Waals surface area contributed by atoms with E-state index >= 15 is 0 Å². The Hall–Kier alpha value is -0.100. The van der Waals surface area contributed by atoms with Crippen molar-refractivity contribution in [2.75, 3.05) is 6.26 Å². The van der Waals surface area contributed by atoms with Gasteiger partial charge < -0.3 is 0 Å². The highest BCUT2D eigenvalue weighted by Gasteiger charge is 2.44. The quantitative estimate of drug-likeness (QED) is 0.777. The van der Waals surface area contributed by atoms with Gasteiger partial charge in [0.1, 0.15) is 5.60 Å². The van der Waals surface area contributed by atoms with E-state index in [1.807, 2.05) is 13.0 Å². The largest absolute Gasteiger partial charge is 0.265 e. The van der Waals surface area contributed by atoms with Crippen LogP contribution in [0.15, 0.2) is 16.6 Å². The molecule has 1 aromatic rings. The van der Waals surface area contributed by atoms with E-state index in [9.17, 15) is 8.42 Å². The number of benzene rings is 1. The molecule has 1 aliphatic carbocycles. The summed E-state index contributed by atoms with van der Waals surface area (Å²) in [5.74, 6) is 0. The predicted octanol–water partition coefficient (Wildman–Crippen LogP) is 3.77. The van der Waals surface area contributed by atoms with Gasteiger partial charge in [0, 0.05) is 15.1 Å². The molecule has 0 atom stereocenters. The number of hydrogen-bond acceptors (Lipinski definition) is 3. The summed E-state index contributed by atoms with van der Waals surface area (Å²) >= 11 is 9.63. The monoisotopic (exact) mass is 352 g/mol. The van der Waals surface area contributed by atoms with Crippen LogP contribution < -0.4 is 0 Å². The van der Waals surface area contributed by atoms with E-state index in [2.05, 4.69) is 15.9 Å². The maximum Gasteiger partial charge on any atom is 0.265 e. The van der Waals surface area contributed by atoms with Crippen LogP contribution in [0.5, 0.6) is 0 Å². The fourth-order valence-corrected chi connectivity index (χ4v) is 3.84. The standard InChI is InChI=1S/C12H14BrClO3S/c1-8-6-9(11(14)7-10(8)13)12(4-3-5-12)17-18(2,15)16/h6-7H,3-5H2,1-2H3. The second-order valence-electron chi connectivity index (χ2n) is 4.72. The van der Waals surface area contributed by atoms with Crippen LogP contribution >= 0.6 is 27.5 Å². The average Bonchev–Trinajstić information content (AvgIpc) is 2.16. The molecule has 0 aliphatic heterocycles. The fourth-order valence-electron chi connectivity index (χ4n) is 2.19. The minimum atomic E-state index is -3.50. The number of aryl methyl sites for hydroxylation is 1. The number of rotatable bonds is 3. The lowest BCUT2D eigenvalue weighted by Gasteiger charge is -2.41. The predicted molar refractivity (Wildman–Crippen MR) is 75.3 cm³/mol. The molecule has 18 heavy (non-hydrogen) atoms. The molecular weight excluding hydrogens is 340 g/mol. The Morgan fingerprint density at radius 3 is 2.44 bits per heavy atom. The molecule has 0 amide bonds. The van der Waals surface area contributed by atoms with E-state index in [1.54, 1.807) is 6.07 Å². The molecule has 0 bridgehead atoms. The lowest BCUT2D eigenvalue weighted by atomic mass is 9.75. The molecule has 2 rings (SSSR count). The van der Waals surface area contributed by atoms with E-state index in [0.29, 0.717) is 17.9 Å². The molecule has 1 saturated carbocycles.